The van der Waals surface area contributed by atoms with Crippen molar-refractivity contribution in [3.05, 3.63) is 35.4 Å². The van der Waals surface area contributed by atoms with E-state index in [9.17, 15) is 4.79 Å². The van der Waals surface area contributed by atoms with Crippen molar-refractivity contribution in [2.45, 2.75) is 51.1 Å². The molecule has 2 fully saturated rings. The molecule has 3 rings (SSSR count). The zero-order valence-electron chi connectivity index (χ0n) is 14.0. The van der Waals surface area contributed by atoms with Crippen molar-refractivity contribution < 1.29 is 4.79 Å². The Balaban J connectivity index is 1.63. The van der Waals surface area contributed by atoms with Crippen molar-refractivity contribution in [1.82, 2.24) is 9.80 Å². The zero-order valence-corrected chi connectivity index (χ0v) is 14.0. The summed E-state index contributed by atoms with van der Waals surface area (Å²) in [6.07, 6.45) is 7.13. The molecule has 0 spiro atoms. The molecule has 1 aromatic rings. The Labute approximate surface area is 139 Å². The minimum atomic E-state index is 0.162. The second-order valence-corrected chi connectivity index (χ2v) is 7.02. The highest BCUT2D eigenvalue weighted by molar-refractivity contribution is 5.94. The van der Waals surface area contributed by atoms with Gasteiger partial charge in [0.05, 0.1) is 0 Å². The Hall–Kier alpha value is -1.39. The van der Waals surface area contributed by atoms with Crippen LogP contribution in [0.4, 0.5) is 0 Å². The van der Waals surface area contributed by atoms with Gasteiger partial charge >= 0.3 is 0 Å². The Kier molecular flexibility index (Phi) is 5.68. The van der Waals surface area contributed by atoms with Crippen LogP contribution < -0.4 is 5.73 Å². The minimum absolute atomic E-state index is 0.162. The number of benzene rings is 1. The lowest BCUT2D eigenvalue weighted by atomic mass is 10.0. The first-order chi connectivity index (χ1) is 11.2. The van der Waals surface area contributed by atoms with E-state index in [0.717, 1.165) is 38.0 Å². The summed E-state index contributed by atoms with van der Waals surface area (Å²) in [5, 5.41) is 0. The third-order valence-electron chi connectivity index (χ3n) is 5.11. The lowest BCUT2D eigenvalue weighted by Gasteiger charge is -2.30. The number of nitrogens with zero attached hydrogens (tertiary/aromatic N) is 2. The van der Waals surface area contributed by atoms with Crippen LogP contribution in [0.25, 0.3) is 0 Å². The average Bonchev–Trinajstić information content (AvgIpc) is 2.84. The molecule has 2 saturated heterocycles. The monoisotopic (exact) mass is 315 g/mol. The molecule has 0 saturated carbocycles. The van der Waals surface area contributed by atoms with Gasteiger partial charge in [-0.3, -0.25) is 9.69 Å². The summed E-state index contributed by atoms with van der Waals surface area (Å²) < 4.78 is 0. The molecule has 23 heavy (non-hydrogen) atoms. The molecule has 0 bridgehead atoms. The number of carbonyl (C=O) groups is 1. The van der Waals surface area contributed by atoms with E-state index in [4.69, 9.17) is 5.73 Å². The molecule has 0 aromatic heterocycles. The minimum Gasteiger partial charge on any atom is -0.339 e. The summed E-state index contributed by atoms with van der Waals surface area (Å²) in [6, 6.07) is 8.46. The summed E-state index contributed by atoms with van der Waals surface area (Å²) in [6.45, 7) is 4.91. The van der Waals surface area contributed by atoms with Gasteiger partial charge in [0.25, 0.3) is 5.91 Å². The van der Waals surface area contributed by atoms with Crippen LogP contribution in [0.15, 0.2) is 24.3 Å². The second kappa shape index (κ2) is 7.93. The largest absolute Gasteiger partial charge is 0.339 e. The van der Waals surface area contributed by atoms with Crippen molar-refractivity contribution in [1.29, 1.82) is 0 Å². The van der Waals surface area contributed by atoms with Crippen molar-refractivity contribution in [2.24, 2.45) is 5.73 Å². The second-order valence-electron chi connectivity index (χ2n) is 7.02. The predicted molar refractivity (Wildman–Crippen MR) is 93.3 cm³/mol. The van der Waals surface area contributed by atoms with Crippen LogP contribution in [-0.4, -0.2) is 47.9 Å². The average molecular weight is 315 g/mol. The van der Waals surface area contributed by atoms with Gasteiger partial charge in [-0.15, -0.1) is 0 Å². The lowest BCUT2D eigenvalue weighted by molar-refractivity contribution is 0.0714. The van der Waals surface area contributed by atoms with Gasteiger partial charge in [0.1, 0.15) is 0 Å². The Morgan fingerprint density at radius 3 is 2.43 bits per heavy atom. The fourth-order valence-electron chi connectivity index (χ4n) is 3.64. The van der Waals surface area contributed by atoms with Crippen molar-refractivity contribution in [2.75, 3.05) is 26.2 Å². The third-order valence-corrected chi connectivity index (χ3v) is 5.11. The smallest absolute Gasteiger partial charge is 0.253 e. The van der Waals surface area contributed by atoms with Gasteiger partial charge in [0, 0.05) is 31.2 Å². The van der Waals surface area contributed by atoms with E-state index in [-0.39, 0.29) is 11.9 Å². The predicted octanol–water partition coefficient (Wildman–Crippen LogP) is 2.63. The maximum atomic E-state index is 12.7. The standard InChI is InChI=1S/C19H29N3O/c20-18-8-12-22(13-9-18)19(23)17-7-5-6-16(14-17)15-21-10-3-1-2-4-11-21/h5-7,14,18H,1-4,8-13,15,20H2. The number of hydrogen-bond donors (Lipinski definition) is 1. The van der Waals surface area contributed by atoms with E-state index < -0.39 is 0 Å². The molecule has 4 nitrogen and oxygen atoms in total. The highest BCUT2D eigenvalue weighted by Gasteiger charge is 2.21. The first kappa shape index (κ1) is 16.5. The fourth-order valence-corrected chi connectivity index (χ4v) is 3.64. The molecule has 0 aliphatic carbocycles. The molecule has 2 N–H and O–H groups in total. The first-order valence-corrected chi connectivity index (χ1v) is 9.08. The van der Waals surface area contributed by atoms with Gasteiger partial charge in [0.2, 0.25) is 0 Å². The molecule has 4 heteroatoms. The highest BCUT2D eigenvalue weighted by atomic mass is 16.2. The van der Waals surface area contributed by atoms with Crippen LogP contribution in [0.1, 0.15) is 54.4 Å². The van der Waals surface area contributed by atoms with E-state index in [1.54, 1.807) is 0 Å². The van der Waals surface area contributed by atoms with Gasteiger partial charge in [-0.05, 0) is 56.5 Å². The Morgan fingerprint density at radius 2 is 1.74 bits per heavy atom. The van der Waals surface area contributed by atoms with Crippen LogP contribution in [-0.2, 0) is 6.54 Å². The highest BCUT2D eigenvalue weighted by Crippen LogP contribution is 2.17. The molecule has 2 heterocycles. The lowest BCUT2D eigenvalue weighted by Crippen LogP contribution is -2.42. The number of hydrogen-bond acceptors (Lipinski definition) is 3. The molecular weight excluding hydrogens is 286 g/mol. The molecule has 0 radical (unpaired) electrons. The molecular formula is C19H29N3O. The van der Waals surface area contributed by atoms with Crippen LogP contribution in [0.3, 0.4) is 0 Å². The van der Waals surface area contributed by atoms with Crippen molar-refractivity contribution in [3.8, 4) is 0 Å². The van der Waals surface area contributed by atoms with E-state index in [1.165, 1.54) is 44.3 Å². The van der Waals surface area contributed by atoms with Crippen LogP contribution in [0, 0.1) is 0 Å². The molecule has 126 valence electrons. The molecule has 2 aliphatic rings. The van der Waals surface area contributed by atoms with Gasteiger partial charge in [-0.25, -0.2) is 0 Å². The van der Waals surface area contributed by atoms with Crippen molar-refractivity contribution in [3.63, 3.8) is 0 Å². The Bertz CT molecular complexity index is 515. The van der Waals surface area contributed by atoms with Crippen LogP contribution in [0.5, 0.6) is 0 Å². The van der Waals surface area contributed by atoms with Gasteiger partial charge < -0.3 is 10.6 Å². The number of rotatable bonds is 3. The van der Waals surface area contributed by atoms with Crippen molar-refractivity contribution >= 4 is 5.91 Å². The summed E-state index contributed by atoms with van der Waals surface area (Å²) >= 11 is 0. The van der Waals surface area contributed by atoms with Crippen LogP contribution >= 0.6 is 0 Å². The normalized spacial score (nSPS) is 21.2. The summed E-state index contributed by atoms with van der Waals surface area (Å²) in [4.78, 5) is 17.2. The van der Waals surface area contributed by atoms with E-state index in [0.29, 0.717) is 0 Å². The number of piperidine rings is 1. The molecule has 2 aliphatic heterocycles. The van der Waals surface area contributed by atoms with E-state index >= 15 is 0 Å². The molecule has 0 unspecified atom stereocenters. The van der Waals surface area contributed by atoms with E-state index in [1.807, 2.05) is 17.0 Å². The van der Waals surface area contributed by atoms with Gasteiger partial charge in [-0.1, -0.05) is 25.0 Å². The SMILES string of the molecule is NC1CCN(C(=O)c2cccc(CN3CCCCCC3)c2)CC1. The summed E-state index contributed by atoms with van der Waals surface area (Å²) in [7, 11) is 0. The number of amides is 1. The number of nitrogens with two attached hydrogens (primary N) is 1. The number of likely N-dealkylation sites (tertiary alicyclic amines) is 2. The topological polar surface area (TPSA) is 49.6 Å². The molecule has 1 aromatic carbocycles. The van der Waals surface area contributed by atoms with Gasteiger partial charge in [-0.2, -0.15) is 0 Å². The Morgan fingerprint density at radius 1 is 1.04 bits per heavy atom. The van der Waals surface area contributed by atoms with Gasteiger partial charge in [0.15, 0.2) is 0 Å². The zero-order chi connectivity index (χ0) is 16.1. The quantitative estimate of drug-likeness (QED) is 0.933. The summed E-state index contributed by atoms with van der Waals surface area (Å²) in [5.74, 6) is 0.162. The van der Waals surface area contributed by atoms with E-state index in [2.05, 4.69) is 17.0 Å². The third kappa shape index (κ3) is 4.55. The maximum Gasteiger partial charge on any atom is 0.253 e. The maximum absolute atomic E-state index is 12.7. The first-order valence-electron chi connectivity index (χ1n) is 9.08. The molecule has 0 atom stereocenters. The molecule has 1 amide bonds. The fraction of sp³-hybridized carbons (Fsp3) is 0.632. The number of carbonyl (C=O) groups excluding carboxylic acids is 1. The summed E-state index contributed by atoms with van der Waals surface area (Å²) in [5.41, 5.74) is 8.02. The van der Waals surface area contributed by atoms with Crippen LogP contribution in [0.2, 0.25) is 0 Å².